The van der Waals surface area contributed by atoms with Crippen LogP contribution in [0.15, 0.2) is 0 Å². The summed E-state index contributed by atoms with van der Waals surface area (Å²) in [4.78, 5) is 0. The lowest BCUT2D eigenvalue weighted by molar-refractivity contribution is 0.0579. The van der Waals surface area contributed by atoms with E-state index in [1.807, 2.05) is 11.8 Å². The van der Waals surface area contributed by atoms with Crippen LogP contribution in [0.4, 0.5) is 0 Å². The third kappa shape index (κ3) is 2.42. The van der Waals surface area contributed by atoms with Crippen LogP contribution in [0.3, 0.4) is 0 Å². The summed E-state index contributed by atoms with van der Waals surface area (Å²) in [5.74, 6) is 1.97. The van der Waals surface area contributed by atoms with E-state index in [1.165, 1.54) is 0 Å². The second kappa shape index (κ2) is 4.39. The third-order valence-electron chi connectivity index (χ3n) is 3.15. The van der Waals surface area contributed by atoms with Gasteiger partial charge in [-0.3, -0.25) is 0 Å². The summed E-state index contributed by atoms with van der Waals surface area (Å²) in [7, 11) is 0. The summed E-state index contributed by atoms with van der Waals surface area (Å²) in [5, 5.41) is 13.5. The molecule has 0 amide bonds. The first-order valence-corrected chi connectivity index (χ1v) is 6.50. The van der Waals surface area contributed by atoms with E-state index in [1.54, 1.807) is 0 Å². The molecule has 3 atom stereocenters. The standard InChI is InChI=1S/C10H19NO2S/c1-8-9(2-4-13-8)11-6-10(12)3-5-14-7-10/h8-9,11-12H,2-7H2,1H3. The highest BCUT2D eigenvalue weighted by Gasteiger charge is 2.33. The quantitative estimate of drug-likeness (QED) is 0.727. The van der Waals surface area contributed by atoms with E-state index in [0.717, 1.165) is 37.5 Å². The molecule has 0 saturated carbocycles. The van der Waals surface area contributed by atoms with Gasteiger partial charge in [0.1, 0.15) is 0 Å². The molecule has 82 valence electrons. The van der Waals surface area contributed by atoms with Crippen LogP contribution in [0.25, 0.3) is 0 Å². The van der Waals surface area contributed by atoms with E-state index < -0.39 is 5.60 Å². The minimum absolute atomic E-state index is 0.299. The first kappa shape index (κ1) is 10.7. The molecular weight excluding hydrogens is 198 g/mol. The number of ether oxygens (including phenoxy) is 1. The van der Waals surface area contributed by atoms with Crippen molar-refractivity contribution < 1.29 is 9.84 Å². The van der Waals surface area contributed by atoms with Crippen molar-refractivity contribution in [2.45, 2.75) is 37.5 Å². The molecule has 2 aliphatic rings. The molecule has 0 aromatic heterocycles. The summed E-state index contributed by atoms with van der Waals surface area (Å²) in [6.45, 7) is 3.67. The fraction of sp³-hybridized carbons (Fsp3) is 1.00. The van der Waals surface area contributed by atoms with E-state index in [-0.39, 0.29) is 0 Å². The number of hydrogen-bond acceptors (Lipinski definition) is 4. The number of hydrogen-bond donors (Lipinski definition) is 2. The second-order valence-electron chi connectivity index (χ2n) is 4.38. The summed E-state index contributed by atoms with van der Waals surface area (Å²) in [6.07, 6.45) is 2.30. The number of nitrogens with one attached hydrogen (secondary N) is 1. The Morgan fingerprint density at radius 2 is 2.50 bits per heavy atom. The molecule has 14 heavy (non-hydrogen) atoms. The Bertz CT molecular complexity index is 195. The molecule has 0 bridgehead atoms. The second-order valence-corrected chi connectivity index (χ2v) is 5.48. The Balaban J connectivity index is 1.75. The van der Waals surface area contributed by atoms with Crippen LogP contribution in [0, 0.1) is 0 Å². The summed E-state index contributed by atoms with van der Waals surface area (Å²) < 4.78 is 5.46. The fourth-order valence-corrected chi connectivity index (χ4v) is 3.35. The van der Waals surface area contributed by atoms with Crippen LogP contribution >= 0.6 is 11.8 Å². The first-order valence-electron chi connectivity index (χ1n) is 5.35. The Kier molecular flexibility index (Phi) is 3.37. The Morgan fingerprint density at radius 3 is 3.07 bits per heavy atom. The zero-order valence-electron chi connectivity index (χ0n) is 8.66. The molecule has 3 unspecified atom stereocenters. The predicted molar refractivity (Wildman–Crippen MR) is 58.7 cm³/mol. The van der Waals surface area contributed by atoms with E-state index in [9.17, 15) is 5.11 Å². The van der Waals surface area contributed by atoms with E-state index >= 15 is 0 Å². The van der Waals surface area contributed by atoms with Gasteiger partial charge >= 0.3 is 0 Å². The van der Waals surface area contributed by atoms with E-state index in [0.29, 0.717) is 12.1 Å². The molecule has 0 spiro atoms. The van der Waals surface area contributed by atoms with Crippen molar-refractivity contribution in [2.24, 2.45) is 0 Å². The molecule has 0 aromatic rings. The molecule has 2 rings (SSSR count). The van der Waals surface area contributed by atoms with Crippen LogP contribution in [-0.2, 0) is 4.74 Å². The molecular formula is C10H19NO2S. The van der Waals surface area contributed by atoms with Gasteiger partial charge < -0.3 is 15.2 Å². The molecule has 2 aliphatic heterocycles. The number of rotatable bonds is 3. The molecule has 0 radical (unpaired) electrons. The lowest BCUT2D eigenvalue weighted by Crippen LogP contribution is -2.46. The molecule has 2 fully saturated rings. The van der Waals surface area contributed by atoms with Crippen molar-refractivity contribution in [2.75, 3.05) is 24.7 Å². The van der Waals surface area contributed by atoms with Gasteiger partial charge in [-0.15, -0.1) is 0 Å². The van der Waals surface area contributed by atoms with Crippen molar-refractivity contribution in [3.05, 3.63) is 0 Å². The van der Waals surface area contributed by atoms with Gasteiger partial charge in [-0.05, 0) is 25.5 Å². The highest BCUT2D eigenvalue weighted by Crippen LogP contribution is 2.27. The van der Waals surface area contributed by atoms with Crippen LogP contribution in [0.2, 0.25) is 0 Å². The maximum absolute atomic E-state index is 10.1. The monoisotopic (exact) mass is 217 g/mol. The number of thioether (sulfide) groups is 1. The fourth-order valence-electron chi connectivity index (χ4n) is 2.06. The SMILES string of the molecule is CC1OCCC1NCC1(O)CCSC1. The first-order chi connectivity index (χ1) is 6.70. The van der Waals surface area contributed by atoms with Gasteiger partial charge in [0.15, 0.2) is 0 Å². The van der Waals surface area contributed by atoms with Crippen molar-refractivity contribution in [3.8, 4) is 0 Å². The van der Waals surface area contributed by atoms with Crippen LogP contribution in [-0.4, -0.2) is 47.5 Å². The lowest BCUT2D eigenvalue weighted by Gasteiger charge is -2.25. The minimum Gasteiger partial charge on any atom is -0.388 e. The summed E-state index contributed by atoms with van der Waals surface area (Å²) >= 11 is 1.84. The van der Waals surface area contributed by atoms with Crippen molar-refractivity contribution in [3.63, 3.8) is 0 Å². The van der Waals surface area contributed by atoms with E-state index in [4.69, 9.17) is 4.74 Å². The van der Waals surface area contributed by atoms with Gasteiger partial charge in [0.25, 0.3) is 0 Å². The van der Waals surface area contributed by atoms with Gasteiger partial charge in [0.05, 0.1) is 11.7 Å². The van der Waals surface area contributed by atoms with Gasteiger partial charge in [-0.2, -0.15) is 11.8 Å². The van der Waals surface area contributed by atoms with Crippen molar-refractivity contribution >= 4 is 11.8 Å². The van der Waals surface area contributed by atoms with Crippen molar-refractivity contribution in [1.29, 1.82) is 0 Å². The van der Waals surface area contributed by atoms with Gasteiger partial charge in [-0.25, -0.2) is 0 Å². The molecule has 0 aliphatic carbocycles. The lowest BCUT2D eigenvalue weighted by atomic mass is 10.0. The molecule has 2 heterocycles. The Morgan fingerprint density at radius 1 is 1.64 bits per heavy atom. The van der Waals surface area contributed by atoms with Crippen LogP contribution in [0.5, 0.6) is 0 Å². The molecule has 2 saturated heterocycles. The van der Waals surface area contributed by atoms with Crippen LogP contribution in [0.1, 0.15) is 19.8 Å². The highest BCUT2D eigenvalue weighted by molar-refractivity contribution is 7.99. The third-order valence-corrected chi connectivity index (χ3v) is 4.39. The normalized spacial score (nSPS) is 43.3. The van der Waals surface area contributed by atoms with Gasteiger partial charge in [0, 0.05) is 24.9 Å². The predicted octanol–water partition coefficient (Wildman–Crippen LogP) is 0.621. The maximum atomic E-state index is 10.1. The summed E-state index contributed by atoms with van der Waals surface area (Å²) in [5.41, 5.74) is -0.465. The maximum Gasteiger partial charge on any atom is 0.0869 e. The Labute approximate surface area is 89.6 Å². The van der Waals surface area contributed by atoms with Gasteiger partial charge in [-0.1, -0.05) is 0 Å². The molecule has 4 heteroatoms. The zero-order chi connectivity index (χ0) is 10.0. The van der Waals surface area contributed by atoms with Crippen LogP contribution < -0.4 is 5.32 Å². The largest absolute Gasteiger partial charge is 0.388 e. The zero-order valence-corrected chi connectivity index (χ0v) is 9.48. The topological polar surface area (TPSA) is 41.5 Å². The Hall–Kier alpha value is 0.230. The van der Waals surface area contributed by atoms with E-state index in [2.05, 4.69) is 12.2 Å². The highest BCUT2D eigenvalue weighted by atomic mass is 32.2. The molecule has 2 N–H and O–H groups in total. The average molecular weight is 217 g/mol. The molecule has 0 aromatic carbocycles. The smallest absolute Gasteiger partial charge is 0.0869 e. The average Bonchev–Trinajstić information content (AvgIpc) is 2.73. The molecule has 3 nitrogen and oxygen atoms in total. The van der Waals surface area contributed by atoms with Crippen molar-refractivity contribution in [1.82, 2.24) is 5.32 Å². The summed E-state index contributed by atoms with van der Waals surface area (Å²) in [6, 6.07) is 0.435. The minimum atomic E-state index is -0.465. The van der Waals surface area contributed by atoms with Gasteiger partial charge in [0.2, 0.25) is 0 Å². The number of aliphatic hydroxyl groups is 1.